The van der Waals surface area contributed by atoms with E-state index in [0.29, 0.717) is 24.9 Å². The number of rotatable bonds is 7. The van der Waals surface area contributed by atoms with Gasteiger partial charge in [-0.2, -0.15) is 0 Å². The van der Waals surface area contributed by atoms with Gasteiger partial charge in [0, 0.05) is 31.4 Å². The normalized spacial score (nSPS) is 11.7. The van der Waals surface area contributed by atoms with Crippen LogP contribution in [0.25, 0.3) is 0 Å². The van der Waals surface area contributed by atoms with E-state index < -0.39 is 0 Å². The first-order valence-electron chi connectivity index (χ1n) is 8.38. The Hall–Kier alpha value is -1.16. The number of thiazole rings is 1. The van der Waals surface area contributed by atoms with Crippen LogP contribution in [0.15, 0.2) is 22.8 Å². The lowest BCUT2D eigenvalue weighted by atomic mass is 10.2. The van der Waals surface area contributed by atoms with E-state index in [1.807, 2.05) is 12.4 Å². The van der Waals surface area contributed by atoms with Crippen molar-refractivity contribution in [3.05, 3.63) is 34.3 Å². The van der Waals surface area contributed by atoms with Gasteiger partial charge in [0.2, 0.25) is 0 Å². The molecule has 2 heterocycles. The molecule has 0 saturated heterocycles. The Balaban J connectivity index is 0.00000312. The first-order valence-corrected chi connectivity index (χ1v) is 9.26. The maximum atomic E-state index is 4.63. The van der Waals surface area contributed by atoms with Crippen molar-refractivity contribution in [2.45, 2.75) is 53.2 Å². The fourth-order valence-electron chi connectivity index (χ4n) is 2.28. The predicted octanol–water partition coefficient (Wildman–Crippen LogP) is 3.60. The Morgan fingerprint density at radius 2 is 1.96 bits per heavy atom. The molecular formula is C17H29IN6S. The van der Waals surface area contributed by atoms with E-state index in [1.165, 1.54) is 0 Å². The van der Waals surface area contributed by atoms with E-state index in [0.717, 1.165) is 29.0 Å². The molecule has 0 aliphatic rings. The maximum Gasteiger partial charge on any atom is 0.191 e. The van der Waals surface area contributed by atoms with Crippen LogP contribution in [-0.2, 0) is 19.6 Å². The molecule has 0 fully saturated rings. The van der Waals surface area contributed by atoms with Gasteiger partial charge in [-0.05, 0) is 11.8 Å². The number of hydrogen-bond acceptors (Lipinski definition) is 4. The lowest BCUT2D eigenvalue weighted by Crippen LogP contribution is -2.37. The van der Waals surface area contributed by atoms with E-state index in [9.17, 15) is 0 Å². The number of imidazole rings is 1. The SMILES string of the molecule is CN=C(NCc1nc(C(C)C)cs1)NCc1nccn1CC(C)C.I. The summed E-state index contributed by atoms with van der Waals surface area (Å²) in [5, 5.41) is 9.83. The van der Waals surface area contributed by atoms with Crippen LogP contribution in [0.3, 0.4) is 0 Å². The van der Waals surface area contributed by atoms with E-state index in [-0.39, 0.29) is 24.0 Å². The zero-order chi connectivity index (χ0) is 17.5. The molecule has 0 aliphatic carbocycles. The summed E-state index contributed by atoms with van der Waals surface area (Å²) in [6.07, 6.45) is 3.87. The van der Waals surface area contributed by atoms with Crippen molar-refractivity contribution in [2.75, 3.05) is 7.05 Å². The number of guanidine groups is 1. The van der Waals surface area contributed by atoms with Crippen LogP contribution in [0.4, 0.5) is 0 Å². The van der Waals surface area contributed by atoms with Gasteiger partial charge in [-0.25, -0.2) is 9.97 Å². The van der Waals surface area contributed by atoms with Crippen molar-refractivity contribution in [2.24, 2.45) is 10.9 Å². The van der Waals surface area contributed by atoms with Crippen LogP contribution in [0.5, 0.6) is 0 Å². The molecule has 0 aromatic carbocycles. The standard InChI is InChI=1S/C17H28N6S.HI/c1-12(2)10-23-7-6-19-15(23)8-20-17(18-5)21-9-16-22-14(11-24-16)13(3)4;/h6-7,11-13H,8-10H2,1-5H3,(H2,18,20,21);1H. The third-order valence-electron chi connectivity index (χ3n) is 3.57. The molecule has 8 heteroatoms. The Morgan fingerprint density at radius 1 is 1.24 bits per heavy atom. The van der Waals surface area contributed by atoms with Crippen molar-refractivity contribution in [3.63, 3.8) is 0 Å². The molecule has 0 spiro atoms. The Kier molecular flexibility index (Phi) is 9.41. The summed E-state index contributed by atoms with van der Waals surface area (Å²) in [7, 11) is 1.78. The van der Waals surface area contributed by atoms with Gasteiger partial charge in [0.15, 0.2) is 5.96 Å². The van der Waals surface area contributed by atoms with Crippen LogP contribution in [0.1, 0.15) is 50.1 Å². The lowest BCUT2D eigenvalue weighted by Gasteiger charge is -2.13. The third kappa shape index (κ3) is 6.93. The summed E-state index contributed by atoms with van der Waals surface area (Å²) >= 11 is 1.68. The molecule has 6 nitrogen and oxygen atoms in total. The average Bonchev–Trinajstić information content (AvgIpc) is 3.16. The van der Waals surface area contributed by atoms with Gasteiger partial charge in [0.25, 0.3) is 0 Å². The molecule has 25 heavy (non-hydrogen) atoms. The average molecular weight is 476 g/mol. The summed E-state index contributed by atoms with van der Waals surface area (Å²) in [5.41, 5.74) is 1.15. The van der Waals surface area contributed by atoms with Crippen LogP contribution >= 0.6 is 35.3 Å². The zero-order valence-electron chi connectivity index (χ0n) is 15.6. The molecule has 2 rings (SSSR count). The second kappa shape index (κ2) is 10.7. The summed E-state index contributed by atoms with van der Waals surface area (Å²) in [6, 6.07) is 0. The third-order valence-corrected chi connectivity index (χ3v) is 4.44. The maximum absolute atomic E-state index is 4.63. The first kappa shape index (κ1) is 21.9. The number of nitrogens with one attached hydrogen (secondary N) is 2. The van der Waals surface area contributed by atoms with E-state index in [2.05, 4.69) is 63.2 Å². The minimum Gasteiger partial charge on any atom is -0.350 e. The summed E-state index contributed by atoms with van der Waals surface area (Å²) in [5.74, 6) is 2.83. The second-order valence-corrected chi connectivity index (χ2v) is 7.43. The van der Waals surface area contributed by atoms with E-state index in [4.69, 9.17) is 0 Å². The summed E-state index contributed by atoms with van der Waals surface area (Å²) in [6.45, 7) is 11.0. The highest BCUT2D eigenvalue weighted by molar-refractivity contribution is 14.0. The van der Waals surface area contributed by atoms with Gasteiger partial charge in [-0.3, -0.25) is 4.99 Å². The molecule has 0 radical (unpaired) electrons. The second-order valence-electron chi connectivity index (χ2n) is 6.49. The fourth-order valence-corrected chi connectivity index (χ4v) is 3.18. The molecular weight excluding hydrogens is 447 g/mol. The summed E-state index contributed by atoms with van der Waals surface area (Å²) in [4.78, 5) is 13.3. The van der Waals surface area contributed by atoms with Gasteiger partial charge < -0.3 is 15.2 Å². The van der Waals surface area contributed by atoms with E-state index in [1.54, 1.807) is 18.4 Å². The van der Waals surface area contributed by atoms with Crippen molar-refractivity contribution in [3.8, 4) is 0 Å². The molecule has 2 aromatic heterocycles. The van der Waals surface area contributed by atoms with Crippen LogP contribution in [-0.4, -0.2) is 27.5 Å². The largest absolute Gasteiger partial charge is 0.350 e. The van der Waals surface area contributed by atoms with Crippen LogP contribution in [0.2, 0.25) is 0 Å². The Bertz CT molecular complexity index is 662. The minimum atomic E-state index is 0. The predicted molar refractivity (Wildman–Crippen MR) is 116 cm³/mol. The number of aromatic nitrogens is 3. The first-order chi connectivity index (χ1) is 11.5. The molecule has 0 unspecified atom stereocenters. The zero-order valence-corrected chi connectivity index (χ0v) is 18.8. The van der Waals surface area contributed by atoms with Gasteiger partial charge in [-0.15, -0.1) is 35.3 Å². The number of hydrogen-bond donors (Lipinski definition) is 2. The fraction of sp³-hybridized carbons (Fsp3) is 0.588. The van der Waals surface area contributed by atoms with Crippen molar-refractivity contribution in [1.29, 1.82) is 0 Å². The molecule has 0 saturated carbocycles. The number of halogens is 1. The number of aliphatic imine (C=N–C) groups is 1. The lowest BCUT2D eigenvalue weighted by molar-refractivity contribution is 0.503. The topological polar surface area (TPSA) is 67.1 Å². The highest BCUT2D eigenvalue weighted by Gasteiger charge is 2.08. The molecule has 0 aliphatic heterocycles. The van der Waals surface area contributed by atoms with Crippen molar-refractivity contribution < 1.29 is 0 Å². The van der Waals surface area contributed by atoms with E-state index >= 15 is 0 Å². The van der Waals surface area contributed by atoms with Gasteiger partial charge in [0.1, 0.15) is 10.8 Å². The van der Waals surface area contributed by atoms with Crippen LogP contribution in [0, 0.1) is 5.92 Å². The molecule has 0 atom stereocenters. The van der Waals surface area contributed by atoms with Gasteiger partial charge >= 0.3 is 0 Å². The highest BCUT2D eigenvalue weighted by Crippen LogP contribution is 2.17. The molecule has 0 bridgehead atoms. The smallest absolute Gasteiger partial charge is 0.191 e. The van der Waals surface area contributed by atoms with Crippen molar-refractivity contribution >= 4 is 41.3 Å². The summed E-state index contributed by atoms with van der Waals surface area (Å²) < 4.78 is 2.18. The molecule has 0 amide bonds. The Labute approximate surface area is 171 Å². The monoisotopic (exact) mass is 476 g/mol. The number of nitrogens with zero attached hydrogens (tertiary/aromatic N) is 4. The molecule has 140 valence electrons. The highest BCUT2D eigenvalue weighted by atomic mass is 127. The van der Waals surface area contributed by atoms with Crippen molar-refractivity contribution in [1.82, 2.24) is 25.2 Å². The Morgan fingerprint density at radius 3 is 2.56 bits per heavy atom. The van der Waals surface area contributed by atoms with Gasteiger partial charge in [-0.1, -0.05) is 27.7 Å². The minimum absolute atomic E-state index is 0. The quantitative estimate of drug-likeness (QED) is 0.364. The van der Waals surface area contributed by atoms with Gasteiger partial charge in [0.05, 0.1) is 18.8 Å². The molecule has 2 aromatic rings. The molecule has 2 N–H and O–H groups in total. The van der Waals surface area contributed by atoms with Crippen LogP contribution < -0.4 is 10.6 Å².